The molecule has 0 saturated carbocycles. The number of rotatable bonds is 0. The van der Waals surface area contributed by atoms with Crippen molar-refractivity contribution >= 4 is 10.0 Å². The van der Waals surface area contributed by atoms with E-state index in [4.69, 9.17) is 0 Å². The fraction of sp³-hybridized carbons (Fsp3) is 0.455. The van der Waals surface area contributed by atoms with Crippen LogP contribution in [0.4, 0.5) is 13.2 Å². The molecule has 1 aliphatic heterocycles. The smallest absolute Gasteiger partial charge is 0.207 e. The summed E-state index contributed by atoms with van der Waals surface area (Å²) >= 11 is 0. The molecule has 0 aromatic heterocycles. The number of sulfonamides is 1. The van der Waals surface area contributed by atoms with Crippen molar-refractivity contribution in [3.05, 3.63) is 29.3 Å². The van der Waals surface area contributed by atoms with Crippen LogP contribution >= 0.6 is 0 Å². The lowest BCUT2D eigenvalue weighted by molar-refractivity contribution is -0.137. The van der Waals surface area contributed by atoms with Gasteiger partial charge in [0.25, 0.3) is 0 Å². The molecule has 0 unspecified atom stereocenters. The lowest BCUT2D eigenvalue weighted by Crippen LogP contribution is -2.26. The van der Waals surface area contributed by atoms with Crippen molar-refractivity contribution in [3.63, 3.8) is 0 Å². The highest BCUT2D eigenvalue weighted by Gasteiger charge is 2.34. The van der Waals surface area contributed by atoms with Gasteiger partial charge in [-0.25, -0.2) is 12.7 Å². The molecule has 0 aliphatic carbocycles. The van der Waals surface area contributed by atoms with E-state index in [1.165, 1.54) is 13.1 Å². The molecule has 3 nitrogen and oxygen atoms in total. The molecule has 0 N–H and O–H groups in total. The zero-order valence-electron chi connectivity index (χ0n) is 9.66. The highest BCUT2D eigenvalue weighted by Crippen LogP contribution is 2.33. The molecule has 1 aromatic rings. The van der Waals surface area contributed by atoms with Crippen LogP contribution in [0.3, 0.4) is 0 Å². The second-order valence-electron chi connectivity index (χ2n) is 4.25. The first-order valence-electron chi connectivity index (χ1n) is 5.39. The second-order valence-corrected chi connectivity index (χ2v) is 6.26. The topological polar surface area (TPSA) is 37.4 Å². The first-order chi connectivity index (χ1) is 8.23. The molecular formula is C11H12F3NO2S. The van der Waals surface area contributed by atoms with Gasteiger partial charge < -0.3 is 0 Å². The largest absolute Gasteiger partial charge is 0.416 e. The SMILES string of the molecule is CN1CCCc2ccc(C(F)(F)F)cc2S1(=O)=O. The quantitative estimate of drug-likeness (QED) is 0.730. The predicted octanol–water partition coefficient (Wildman–Crippen LogP) is 2.27. The van der Waals surface area contributed by atoms with Crippen molar-refractivity contribution in [2.24, 2.45) is 0 Å². The van der Waals surface area contributed by atoms with Crippen LogP contribution < -0.4 is 0 Å². The van der Waals surface area contributed by atoms with E-state index in [-0.39, 0.29) is 4.90 Å². The summed E-state index contributed by atoms with van der Waals surface area (Å²) < 4.78 is 63.0. The standard InChI is InChI=1S/C11H12F3NO2S/c1-15-6-2-3-8-4-5-9(11(12,13)14)7-10(8)18(15,16)17/h4-5,7H,2-3,6H2,1H3. The fourth-order valence-corrected chi connectivity index (χ4v) is 3.44. The van der Waals surface area contributed by atoms with Gasteiger partial charge in [-0.2, -0.15) is 13.2 Å². The Morgan fingerprint density at radius 2 is 1.94 bits per heavy atom. The third kappa shape index (κ3) is 2.24. The van der Waals surface area contributed by atoms with Crippen molar-refractivity contribution in [3.8, 4) is 0 Å². The zero-order chi connectivity index (χ0) is 13.6. The number of hydrogen-bond acceptors (Lipinski definition) is 2. The summed E-state index contributed by atoms with van der Waals surface area (Å²) in [6.45, 7) is 0.318. The molecule has 1 aromatic carbocycles. The van der Waals surface area contributed by atoms with Gasteiger partial charge in [0.1, 0.15) is 0 Å². The van der Waals surface area contributed by atoms with Crippen molar-refractivity contribution < 1.29 is 21.6 Å². The molecule has 0 fully saturated rings. The number of aryl methyl sites for hydroxylation is 1. The third-order valence-corrected chi connectivity index (χ3v) is 4.94. The van der Waals surface area contributed by atoms with Gasteiger partial charge in [0.15, 0.2) is 0 Å². The highest BCUT2D eigenvalue weighted by atomic mass is 32.2. The number of alkyl halides is 3. The van der Waals surface area contributed by atoms with Crippen LogP contribution in [0.5, 0.6) is 0 Å². The van der Waals surface area contributed by atoms with E-state index in [9.17, 15) is 21.6 Å². The number of benzene rings is 1. The van der Waals surface area contributed by atoms with E-state index in [1.807, 2.05) is 0 Å². The third-order valence-electron chi connectivity index (χ3n) is 3.00. The highest BCUT2D eigenvalue weighted by molar-refractivity contribution is 7.89. The minimum atomic E-state index is -4.53. The van der Waals surface area contributed by atoms with Gasteiger partial charge in [-0.15, -0.1) is 0 Å². The molecule has 100 valence electrons. The molecule has 0 spiro atoms. The Kier molecular flexibility index (Phi) is 3.14. The van der Waals surface area contributed by atoms with Gasteiger partial charge in [-0.3, -0.25) is 0 Å². The molecular weight excluding hydrogens is 267 g/mol. The van der Waals surface area contributed by atoms with Crippen LogP contribution in [0.25, 0.3) is 0 Å². The average Bonchev–Trinajstić information content (AvgIpc) is 2.37. The Morgan fingerprint density at radius 3 is 2.56 bits per heavy atom. The van der Waals surface area contributed by atoms with E-state index < -0.39 is 21.8 Å². The van der Waals surface area contributed by atoms with E-state index in [1.54, 1.807) is 0 Å². The molecule has 0 bridgehead atoms. The number of nitrogens with zero attached hydrogens (tertiary/aromatic N) is 1. The van der Waals surface area contributed by atoms with Gasteiger partial charge in [-0.05, 0) is 30.5 Å². The Morgan fingerprint density at radius 1 is 1.28 bits per heavy atom. The first-order valence-corrected chi connectivity index (χ1v) is 6.83. The lowest BCUT2D eigenvalue weighted by atomic mass is 10.1. The molecule has 18 heavy (non-hydrogen) atoms. The Labute approximate surface area is 103 Å². The number of halogens is 3. The van der Waals surface area contributed by atoms with E-state index in [0.29, 0.717) is 24.9 Å². The summed E-state index contributed by atoms with van der Waals surface area (Å²) in [6, 6.07) is 2.92. The fourth-order valence-electron chi connectivity index (χ4n) is 1.96. The molecule has 0 atom stereocenters. The van der Waals surface area contributed by atoms with E-state index in [0.717, 1.165) is 16.4 Å². The molecule has 0 amide bonds. The number of fused-ring (bicyclic) bond motifs is 1. The molecule has 0 saturated heterocycles. The van der Waals surface area contributed by atoms with Gasteiger partial charge in [0, 0.05) is 13.6 Å². The summed E-state index contributed by atoms with van der Waals surface area (Å²) in [5.41, 5.74) is -0.479. The molecule has 1 heterocycles. The van der Waals surface area contributed by atoms with E-state index >= 15 is 0 Å². The van der Waals surface area contributed by atoms with Crippen molar-refractivity contribution in [2.45, 2.75) is 23.9 Å². The monoisotopic (exact) mass is 279 g/mol. The predicted molar refractivity (Wildman–Crippen MR) is 59.6 cm³/mol. The Hall–Kier alpha value is -1.08. The average molecular weight is 279 g/mol. The van der Waals surface area contributed by atoms with Crippen LogP contribution in [0.2, 0.25) is 0 Å². The molecule has 7 heteroatoms. The minimum Gasteiger partial charge on any atom is -0.207 e. The molecule has 0 radical (unpaired) electrons. The summed E-state index contributed by atoms with van der Waals surface area (Å²) in [6.07, 6.45) is -3.46. The summed E-state index contributed by atoms with van der Waals surface area (Å²) in [5.74, 6) is 0. The molecule has 1 aliphatic rings. The molecule has 2 rings (SSSR count). The van der Waals surface area contributed by atoms with Crippen LogP contribution in [0.1, 0.15) is 17.5 Å². The number of hydrogen-bond donors (Lipinski definition) is 0. The van der Waals surface area contributed by atoms with Crippen LogP contribution in [0.15, 0.2) is 23.1 Å². The Balaban J connectivity index is 2.63. The summed E-state index contributed by atoms with van der Waals surface area (Å²) in [7, 11) is -2.43. The van der Waals surface area contributed by atoms with Crippen LogP contribution in [-0.2, 0) is 22.6 Å². The van der Waals surface area contributed by atoms with Crippen molar-refractivity contribution in [2.75, 3.05) is 13.6 Å². The van der Waals surface area contributed by atoms with Crippen LogP contribution in [-0.4, -0.2) is 26.3 Å². The van der Waals surface area contributed by atoms with Crippen molar-refractivity contribution in [1.82, 2.24) is 4.31 Å². The van der Waals surface area contributed by atoms with Gasteiger partial charge in [-0.1, -0.05) is 6.07 Å². The normalized spacial score (nSPS) is 20.2. The first kappa shape index (κ1) is 13.4. The van der Waals surface area contributed by atoms with Gasteiger partial charge in [0.2, 0.25) is 10.0 Å². The lowest BCUT2D eigenvalue weighted by Gasteiger charge is -2.16. The van der Waals surface area contributed by atoms with Crippen molar-refractivity contribution in [1.29, 1.82) is 0 Å². The van der Waals surface area contributed by atoms with E-state index in [2.05, 4.69) is 0 Å². The Bertz CT molecular complexity index is 566. The van der Waals surface area contributed by atoms with Gasteiger partial charge in [0.05, 0.1) is 10.5 Å². The van der Waals surface area contributed by atoms with Gasteiger partial charge >= 0.3 is 6.18 Å². The summed E-state index contributed by atoms with van der Waals surface area (Å²) in [5, 5.41) is 0. The minimum absolute atomic E-state index is 0.225. The maximum atomic E-state index is 12.6. The van der Waals surface area contributed by atoms with Crippen LogP contribution in [0, 0.1) is 0 Å². The maximum absolute atomic E-state index is 12.6. The summed E-state index contributed by atoms with van der Waals surface area (Å²) in [4.78, 5) is -0.225. The second kappa shape index (κ2) is 4.24. The maximum Gasteiger partial charge on any atom is 0.416 e. The zero-order valence-corrected chi connectivity index (χ0v) is 10.5.